The van der Waals surface area contributed by atoms with Gasteiger partial charge in [-0.05, 0) is 35.8 Å². The van der Waals surface area contributed by atoms with Gasteiger partial charge in [-0.15, -0.1) is 0 Å². The summed E-state index contributed by atoms with van der Waals surface area (Å²) in [5, 5.41) is 11.9. The molecular formula is C9H13BrN2O2. The molecule has 4 nitrogen and oxygen atoms in total. The van der Waals surface area contributed by atoms with Crippen LogP contribution >= 0.6 is 15.9 Å². The normalized spacial score (nSPS) is 14.9. The van der Waals surface area contributed by atoms with Gasteiger partial charge in [0, 0.05) is 10.7 Å². The number of halogens is 1. The topological polar surface area (TPSA) is 65.1 Å². The van der Waals surface area contributed by atoms with Gasteiger partial charge in [-0.2, -0.15) is 0 Å². The lowest BCUT2D eigenvalue weighted by Gasteiger charge is -2.15. The van der Waals surface area contributed by atoms with Crippen LogP contribution in [-0.4, -0.2) is 28.1 Å². The number of nitrogens with one attached hydrogen (secondary N) is 2. The van der Waals surface area contributed by atoms with Gasteiger partial charge >= 0.3 is 0 Å². The Labute approximate surface area is 90.8 Å². The minimum atomic E-state index is -0.558. The van der Waals surface area contributed by atoms with Gasteiger partial charge in [0.25, 0.3) is 5.91 Å². The van der Waals surface area contributed by atoms with Crippen LogP contribution in [0.1, 0.15) is 24.3 Å². The molecule has 0 radical (unpaired) electrons. The Balaban J connectivity index is 2.59. The molecule has 0 aliphatic heterocycles. The molecule has 1 heterocycles. The standard InChI is InChI=1S/C9H13BrN2O2/c1-5(6(2)13)12-9(14)8-3-7(10)4-11-8/h3-6,11,13H,1-2H3,(H,12,14). The first-order valence-corrected chi connectivity index (χ1v) is 5.13. The number of carbonyl (C=O) groups excluding carboxylic acids is 1. The molecule has 1 aromatic rings. The molecule has 0 bridgehead atoms. The number of amides is 1. The summed E-state index contributed by atoms with van der Waals surface area (Å²) in [6.45, 7) is 3.39. The summed E-state index contributed by atoms with van der Waals surface area (Å²) in [6, 6.07) is 1.42. The highest BCUT2D eigenvalue weighted by Crippen LogP contribution is 2.10. The second-order valence-electron chi connectivity index (χ2n) is 3.23. The van der Waals surface area contributed by atoms with Crippen LogP contribution in [-0.2, 0) is 0 Å². The molecule has 0 fully saturated rings. The van der Waals surface area contributed by atoms with Gasteiger partial charge in [0.2, 0.25) is 0 Å². The number of hydrogen-bond donors (Lipinski definition) is 3. The van der Waals surface area contributed by atoms with Crippen molar-refractivity contribution in [1.82, 2.24) is 10.3 Å². The SMILES string of the molecule is CC(O)C(C)NC(=O)c1cc(Br)c[nH]1. The first kappa shape index (κ1) is 11.3. The predicted molar refractivity (Wildman–Crippen MR) is 57.1 cm³/mol. The first-order chi connectivity index (χ1) is 6.50. The van der Waals surface area contributed by atoms with Crippen molar-refractivity contribution in [2.24, 2.45) is 0 Å². The van der Waals surface area contributed by atoms with Gasteiger partial charge in [0.15, 0.2) is 0 Å². The average Bonchev–Trinajstić information content (AvgIpc) is 2.51. The summed E-state index contributed by atoms with van der Waals surface area (Å²) in [6.07, 6.45) is 1.12. The Morgan fingerprint density at radius 1 is 1.64 bits per heavy atom. The fraction of sp³-hybridized carbons (Fsp3) is 0.444. The smallest absolute Gasteiger partial charge is 0.268 e. The number of aliphatic hydroxyl groups is 1. The summed E-state index contributed by atoms with van der Waals surface area (Å²) >= 11 is 3.23. The minimum Gasteiger partial charge on any atom is -0.391 e. The van der Waals surface area contributed by atoms with E-state index in [9.17, 15) is 9.90 Å². The van der Waals surface area contributed by atoms with E-state index < -0.39 is 6.10 Å². The van der Waals surface area contributed by atoms with E-state index in [1.54, 1.807) is 26.1 Å². The number of rotatable bonds is 3. The Bertz CT molecular complexity index is 322. The van der Waals surface area contributed by atoms with E-state index in [1.807, 2.05) is 0 Å². The molecule has 2 unspecified atom stereocenters. The van der Waals surface area contributed by atoms with Crippen LogP contribution in [0.25, 0.3) is 0 Å². The summed E-state index contributed by atoms with van der Waals surface area (Å²) in [7, 11) is 0. The van der Waals surface area contributed by atoms with Gasteiger partial charge in [-0.1, -0.05) is 0 Å². The molecule has 0 aliphatic carbocycles. The molecule has 1 rings (SSSR count). The third-order valence-corrected chi connectivity index (χ3v) is 2.43. The number of H-pyrrole nitrogens is 1. The van der Waals surface area contributed by atoms with Crippen LogP contribution in [0.15, 0.2) is 16.7 Å². The minimum absolute atomic E-state index is 0.218. The molecule has 78 valence electrons. The lowest BCUT2D eigenvalue weighted by atomic mass is 10.2. The van der Waals surface area contributed by atoms with E-state index in [0.29, 0.717) is 5.69 Å². The maximum absolute atomic E-state index is 11.5. The number of hydrogen-bond acceptors (Lipinski definition) is 2. The lowest BCUT2D eigenvalue weighted by Crippen LogP contribution is -2.39. The Morgan fingerprint density at radius 2 is 2.29 bits per heavy atom. The van der Waals surface area contributed by atoms with Crippen molar-refractivity contribution >= 4 is 21.8 Å². The van der Waals surface area contributed by atoms with Crippen molar-refractivity contribution in [2.75, 3.05) is 0 Å². The molecule has 5 heteroatoms. The van der Waals surface area contributed by atoms with Gasteiger partial charge in [0.1, 0.15) is 5.69 Å². The highest BCUT2D eigenvalue weighted by molar-refractivity contribution is 9.10. The van der Waals surface area contributed by atoms with Crippen molar-refractivity contribution in [3.05, 3.63) is 22.4 Å². The summed E-state index contributed by atoms with van der Waals surface area (Å²) < 4.78 is 0.826. The van der Waals surface area contributed by atoms with Crippen molar-refractivity contribution in [2.45, 2.75) is 26.0 Å². The second kappa shape index (κ2) is 4.61. The summed E-state index contributed by atoms with van der Waals surface area (Å²) in [5.41, 5.74) is 0.476. The first-order valence-electron chi connectivity index (χ1n) is 4.33. The van der Waals surface area contributed by atoms with E-state index in [1.165, 1.54) is 0 Å². The van der Waals surface area contributed by atoms with Crippen LogP contribution in [0.3, 0.4) is 0 Å². The monoisotopic (exact) mass is 260 g/mol. The maximum atomic E-state index is 11.5. The maximum Gasteiger partial charge on any atom is 0.268 e. The second-order valence-corrected chi connectivity index (χ2v) is 4.15. The van der Waals surface area contributed by atoms with Gasteiger partial charge in [-0.25, -0.2) is 0 Å². The Morgan fingerprint density at radius 3 is 2.71 bits per heavy atom. The summed E-state index contributed by atoms with van der Waals surface area (Å²) in [4.78, 5) is 14.3. The number of aliphatic hydroxyl groups excluding tert-OH is 1. The molecule has 3 N–H and O–H groups in total. The van der Waals surface area contributed by atoms with Crippen LogP contribution in [0.4, 0.5) is 0 Å². The molecular weight excluding hydrogens is 248 g/mol. The molecule has 2 atom stereocenters. The predicted octanol–water partition coefficient (Wildman–Crippen LogP) is 1.28. The number of carbonyl (C=O) groups is 1. The van der Waals surface area contributed by atoms with Crippen LogP contribution in [0, 0.1) is 0 Å². The zero-order valence-corrected chi connectivity index (χ0v) is 9.63. The molecule has 0 saturated heterocycles. The molecule has 1 amide bonds. The van der Waals surface area contributed by atoms with Crippen molar-refractivity contribution in [3.63, 3.8) is 0 Å². The highest BCUT2D eigenvalue weighted by Gasteiger charge is 2.14. The van der Waals surface area contributed by atoms with E-state index in [2.05, 4.69) is 26.2 Å². The zero-order chi connectivity index (χ0) is 10.7. The molecule has 0 saturated carbocycles. The number of aromatic amines is 1. The molecule has 0 aromatic carbocycles. The van der Waals surface area contributed by atoms with E-state index in [0.717, 1.165) is 4.47 Å². The highest BCUT2D eigenvalue weighted by atomic mass is 79.9. The van der Waals surface area contributed by atoms with Crippen molar-refractivity contribution in [1.29, 1.82) is 0 Å². The largest absolute Gasteiger partial charge is 0.391 e. The van der Waals surface area contributed by atoms with E-state index >= 15 is 0 Å². The van der Waals surface area contributed by atoms with Crippen LogP contribution < -0.4 is 5.32 Å². The third kappa shape index (κ3) is 2.85. The Kier molecular flexibility index (Phi) is 3.71. The van der Waals surface area contributed by atoms with Gasteiger partial charge in [0.05, 0.1) is 12.1 Å². The van der Waals surface area contributed by atoms with E-state index in [-0.39, 0.29) is 11.9 Å². The van der Waals surface area contributed by atoms with Crippen LogP contribution in [0.5, 0.6) is 0 Å². The molecule has 0 aliphatic rings. The van der Waals surface area contributed by atoms with Gasteiger partial charge in [-0.3, -0.25) is 4.79 Å². The molecule has 1 aromatic heterocycles. The summed E-state index contributed by atoms with van der Waals surface area (Å²) in [5.74, 6) is -0.218. The van der Waals surface area contributed by atoms with Crippen molar-refractivity contribution < 1.29 is 9.90 Å². The lowest BCUT2D eigenvalue weighted by molar-refractivity contribution is 0.0869. The van der Waals surface area contributed by atoms with E-state index in [4.69, 9.17) is 0 Å². The quantitative estimate of drug-likeness (QED) is 0.767. The number of aromatic nitrogens is 1. The average molecular weight is 261 g/mol. The zero-order valence-electron chi connectivity index (χ0n) is 8.04. The fourth-order valence-electron chi connectivity index (χ4n) is 0.904. The van der Waals surface area contributed by atoms with Crippen molar-refractivity contribution in [3.8, 4) is 0 Å². The third-order valence-electron chi connectivity index (χ3n) is 1.97. The molecule has 14 heavy (non-hydrogen) atoms. The Hall–Kier alpha value is -0.810. The van der Waals surface area contributed by atoms with Crippen LogP contribution in [0.2, 0.25) is 0 Å². The van der Waals surface area contributed by atoms with Gasteiger partial charge < -0.3 is 15.4 Å². The fourth-order valence-corrected chi connectivity index (χ4v) is 1.25. The molecule has 0 spiro atoms.